The van der Waals surface area contributed by atoms with E-state index in [0.29, 0.717) is 32.0 Å². The number of nitrogens with zero attached hydrogens (tertiary/aromatic N) is 4. The summed E-state index contributed by atoms with van der Waals surface area (Å²) in [6.07, 6.45) is 4.41. The Balaban J connectivity index is 1.02. The second-order valence-corrected chi connectivity index (χ2v) is 18.0. The number of amides is 3. The molecular weight excluding hydrogens is 793 g/mol. The summed E-state index contributed by atoms with van der Waals surface area (Å²) in [5, 5.41) is 19.5. The fourth-order valence-electron chi connectivity index (χ4n) is 10.3. The van der Waals surface area contributed by atoms with Crippen LogP contribution in [-0.4, -0.2) is 93.5 Å². The van der Waals surface area contributed by atoms with E-state index in [9.17, 15) is 19.6 Å². The van der Waals surface area contributed by atoms with E-state index in [1.807, 2.05) is 17.9 Å². The van der Waals surface area contributed by atoms with Crippen LogP contribution in [0.5, 0.6) is 11.5 Å². The molecule has 5 aliphatic rings. The number of hydroxylamine groups is 3. The fourth-order valence-corrected chi connectivity index (χ4v) is 10.3. The number of carbonyl (C=O) groups excluding carboxylic acids is 3. The molecule has 0 saturated carbocycles. The van der Waals surface area contributed by atoms with Gasteiger partial charge in [0.05, 0.1) is 51.3 Å². The number of quaternary nitrogens is 1. The number of aromatic nitrogens is 4. The van der Waals surface area contributed by atoms with Crippen molar-refractivity contribution < 1.29 is 38.0 Å². The number of rotatable bonds is 10. The molecule has 0 spiro atoms. The molecular formula is C46H56N8O8. The Bertz CT molecular complexity index is 2420. The van der Waals surface area contributed by atoms with Crippen molar-refractivity contribution in [2.45, 2.75) is 116 Å². The molecule has 5 atom stereocenters. The number of H-pyrrole nitrogens is 2. The molecule has 4 N–H and O–H groups in total. The zero-order chi connectivity index (χ0) is 43.6. The number of aromatic amines is 2. The number of nitrogens with one attached hydrogen (secondary N) is 4. The van der Waals surface area contributed by atoms with Crippen molar-refractivity contribution in [1.29, 1.82) is 0 Å². The van der Waals surface area contributed by atoms with Gasteiger partial charge in [0.15, 0.2) is 5.82 Å². The zero-order valence-electron chi connectivity index (χ0n) is 36.5. The first-order chi connectivity index (χ1) is 29.8. The third-order valence-electron chi connectivity index (χ3n) is 13.2. The van der Waals surface area contributed by atoms with Crippen molar-refractivity contribution in [3.8, 4) is 45.1 Å². The van der Waals surface area contributed by atoms with E-state index < -0.39 is 22.9 Å². The second-order valence-electron chi connectivity index (χ2n) is 18.0. The lowest BCUT2D eigenvalue weighted by molar-refractivity contribution is -0.897. The lowest BCUT2D eigenvalue weighted by Crippen LogP contribution is -2.48. The van der Waals surface area contributed by atoms with Crippen LogP contribution in [0.3, 0.4) is 0 Å². The van der Waals surface area contributed by atoms with Gasteiger partial charge in [0.25, 0.3) is 0 Å². The van der Waals surface area contributed by atoms with Crippen LogP contribution in [0.25, 0.3) is 33.6 Å². The predicted molar refractivity (Wildman–Crippen MR) is 230 cm³/mol. The number of carbonyl (C=O) groups is 3. The second kappa shape index (κ2) is 16.1. The van der Waals surface area contributed by atoms with Gasteiger partial charge in [0, 0.05) is 63.7 Å². The molecule has 2 fully saturated rings. The van der Waals surface area contributed by atoms with Crippen LogP contribution in [0.15, 0.2) is 35.9 Å². The summed E-state index contributed by atoms with van der Waals surface area (Å²) in [7, 11) is 2.60. The third-order valence-corrected chi connectivity index (χ3v) is 13.2. The minimum Gasteiger partial charge on any atom is -0.632 e. The first-order valence-corrected chi connectivity index (χ1v) is 21.8. The van der Waals surface area contributed by atoms with Crippen LogP contribution in [-0.2, 0) is 27.5 Å². The van der Waals surface area contributed by atoms with Gasteiger partial charge in [-0.25, -0.2) is 19.6 Å². The van der Waals surface area contributed by atoms with Gasteiger partial charge in [-0.2, -0.15) is 0 Å². The van der Waals surface area contributed by atoms with Gasteiger partial charge >= 0.3 is 12.2 Å². The molecule has 0 bridgehead atoms. The predicted octanol–water partition coefficient (Wildman–Crippen LogP) is 7.78. The lowest BCUT2D eigenvalue weighted by atomic mass is 9.87. The summed E-state index contributed by atoms with van der Waals surface area (Å²) < 4.78 is 22.2. The molecule has 9 rings (SSSR count). The first-order valence-electron chi connectivity index (χ1n) is 21.8. The highest BCUT2D eigenvalue weighted by Crippen LogP contribution is 2.52. The Hall–Kier alpha value is -5.87. The largest absolute Gasteiger partial charge is 0.632 e. The standard InChI is InChI=1S/C46H56N8O8/c1-23(2)38-40(51-42(49-38)32-11-10-30-15-25(5)16-31(44(55)53(30)32)48-46(57)60-7)26-17-28-21-62-35-20-27(18-29-22-61-34(19-26)36(28)37(29)35)41-39(24(3)4)50-43(52-41)33-9-8-13-54(33,58)14-12-47-45(56)59-6/h16-20,23-24,30-33H,8-15,21-22H2,1-7H3,(H,47,56)(H,48,57)(H,49,51)(H,50,52)/t30-,31?,32+,33+,54?/m1/s1. The highest BCUT2D eigenvalue weighted by molar-refractivity contribution is 5.90. The molecule has 3 amide bonds. The van der Waals surface area contributed by atoms with Crippen LogP contribution in [0.1, 0.15) is 125 Å². The normalized spacial score (nSPS) is 23.6. The third kappa shape index (κ3) is 7.25. The van der Waals surface area contributed by atoms with E-state index in [2.05, 4.69) is 72.6 Å². The summed E-state index contributed by atoms with van der Waals surface area (Å²) in [5.41, 5.74) is 10.4. The van der Waals surface area contributed by atoms with Crippen LogP contribution in [0.4, 0.5) is 9.59 Å². The molecule has 4 aromatic rings. The number of ether oxygens (including phenoxy) is 4. The molecule has 2 aromatic carbocycles. The summed E-state index contributed by atoms with van der Waals surface area (Å²) in [6, 6.07) is 6.93. The number of imidazole rings is 2. The van der Waals surface area contributed by atoms with Crippen molar-refractivity contribution >= 4 is 18.1 Å². The van der Waals surface area contributed by atoms with Crippen molar-refractivity contribution in [2.75, 3.05) is 33.9 Å². The van der Waals surface area contributed by atoms with Crippen LogP contribution >= 0.6 is 0 Å². The summed E-state index contributed by atoms with van der Waals surface area (Å²) in [4.78, 5) is 57.4. The quantitative estimate of drug-likeness (QED) is 0.0695. The maximum atomic E-state index is 14.1. The maximum Gasteiger partial charge on any atom is 0.407 e. The van der Waals surface area contributed by atoms with Gasteiger partial charge < -0.3 is 54.3 Å². The minimum atomic E-state index is -0.819. The lowest BCUT2D eigenvalue weighted by Gasteiger charge is -2.43. The average molecular weight is 849 g/mol. The molecule has 62 heavy (non-hydrogen) atoms. The van der Waals surface area contributed by atoms with E-state index >= 15 is 0 Å². The Morgan fingerprint density at radius 1 is 0.887 bits per heavy atom. The van der Waals surface area contributed by atoms with Gasteiger partial charge in [-0.05, 0) is 62.3 Å². The number of hydrogen-bond donors (Lipinski definition) is 4. The molecule has 2 saturated heterocycles. The topological polar surface area (TPSA) is 196 Å². The molecule has 2 unspecified atom stereocenters. The average Bonchev–Trinajstić information content (AvgIpc) is 4.06. The number of methoxy groups -OCH3 is 2. The molecule has 2 aromatic heterocycles. The van der Waals surface area contributed by atoms with Crippen molar-refractivity contribution in [3.05, 3.63) is 75.3 Å². The van der Waals surface area contributed by atoms with E-state index in [1.54, 1.807) is 0 Å². The number of alkyl carbamates (subject to hydrolysis) is 2. The maximum absolute atomic E-state index is 14.1. The smallest absolute Gasteiger partial charge is 0.407 e. The zero-order valence-corrected chi connectivity index (χ0v) is 36.5. The van der Waals surface area contributed by atoms with Gasteiger partial charge in [-0.3, -0.25) is 4.79 Å². The number of fused-ring (bicyclic) bond motifs is 1. The molecule has 16 nitrogen and oxygen atoms in total. The van der Waals surface area contributed by atoms with E-state index in [1.165, 1.54) is 14.2 Å². The van der Waals surface area contributed by atoms with Gasteiger partial charge in [-0.1, -0.05) is 39.3 Å². The molecule has 328 valence electrons. The van der Waals surface area contributed by atoms with Crippen LogP contribution in [0.2, 0.25) is 0 Å². The number of benzene rings is 2. The fraction of sp³-hybridized carbons (Fsp3) is 0.500. The Labute approximate surface area is 360 Å². The van der Waals surface area contributed by atoms with Gasteiger partial charge in [0.2, 0.25) is 5.91 Å². The first kappa shape index (κ1) is 41.5. The van der Waals surface area contributed by atoms with Crippen molar-refractivity contribution in [2.24, 2.45) is 0 Å². The molecule has 5 aliphatic heterocycles. The van der Waals surface area contributed by atoms with Gasteiger partial charge in [0.1, 0.15) is 42.6 Å². The highest BCUT2D eigenvalue weighted by atomic mass is 16.6. The number of hydrogen-bond acceptors (Lipinski definition) is 10. The summed E-state index contributed by atoms with van der Waals surface area (Å²) in [6.45, 7) is 12.0. The Morgan fingerprint density at radius 3 is 2.08 bits per heavy atom. The molecule has 0 aliphatic carbocycles. The van der Waals surface area contributed by atoms with E-state index in [4.69, 9.17) is 28.9 Å². The molecule has 7 heterocycles. The van der Waals surface area contributed by atoms with E-state index in [-0.39, 0.29) is 49.0 Å². The van der Waals surface area contributed by atoms with Crippen LogP contribution < -0.4 is 20.1 Å². The van der Waals surface area contributed by atoms with Crippen molar-refractivity contribution in [3.63, 3.8) is 0 Å². The Kier molecular flexibility index (Phi) is 10.8. The monoisotopic (exact) mass is 848 g/mol. The SMILES string of the molecule is COC(=O)NCC[N+]1([O-])CCC[C@H]1c1nc(-c2cc3c4c(c2)OCc2cc(-c5nc([C@@H]6CC[C@@H]7CC(C)=CC(NC(=O)OC)C(=O)N76)[nH]c5C(C)C)cc(c2-4)OC3)c(C(C)C)[nH]1. The van der Waals surface area contributed by atoms with Crippen molar-refractivity contribution in [1.82, 2.24) is 35.5 Å². The number of likely N-dealkylation sites (tertiary alicyclic amines) is 1. The summed E-state index contributed by atoms with van der Waals surface area (Å²) >= 11 is 0. The molecule has 0 radical (unpaired) electrons. The van der Waals surface area contributed by atoms with Crippen LogP contribution in [0, 0.1) is 5.21 Å². The highest BCUT2D eigenvalue weighted by Gasteiger charge is 2.44. The van der Waals surface area contributed by atoms with Gasteiger partial charge in [-0.15, -0.1) is 0 Å². The minimum absolute atomic E-state index is 0.00170. The summed E-state index contributed by atoms with van der Waals surface area (Å²) in [5.74, 6) is 2.97. The Morgan fingerprint density at radius 2 is 1.48 bits per heavy atom. The molecule has 16 heteroatoms. The van der Waals surface area contributed by atoms with E-state index in [0.717, 1.165) is 105 Å².